The second-order valence-electron chi connectivity index (χ2n) is 10.3. The van der Waals surface area contributed by atoms with Crippen molar-refractivity contribution in [2.75, 3.05) is 24.0 Å². The molecule has 1 aromatic heterocycles. The summed E-state index contributed by atoms with van der Waals surface area (Å²) in [5, 5.41) is 7.58. The number of esters is 1. The van der Waals surface area contributed by atoms with Gasteiger partial charge in [0.05, 0.1) is 28.4 Å². The fourth-order valence-corrected chi connectivity index (χ4v) is 4.22. The molecule has 0 saturated heterocycles. The molecule has 0 radical (unpaired) electrons. The Hall–Kier alpha value is -3.43. The molecule has 3 rings (SSSR count). The molecule has 1 fully saturated rings. The lowest BCUT2D eigenvalue weighted by Gasteiger charge is -2.26. The van der Waals surface area contributed by atoms with Crippen LogP contribution in [-0.4, -0.2) is 42.0 Å². The standard InChI is InChI=1S/C28H36ClN5O4/c1-7-22(34(30-6)24-21(29)12-9-13-31-24)26(36)32-23-17(2)14-19(27(37)38-16-18-10-8-11-18)15-20(23)25(35)33-28(3,4)5/h7,9,12-15,18,30H,8,10-11,16H2,1-6H3,(H,32,36)(H,33,35). The van der Waals surface area contributed by atoms with E-state index in [0.717, 1.165) is 19.3 Å². The van der Waals surface area contributed by atoms with Gasteiger partial charge in [-0.1, -0.05) is 24.1 Å². The Morgan fingerprint density at radius 2 is 1.95 bits per heavy atom. The number of hydrazine groups is 1. The molecule has 1 heterocycles. The van der Waals surface area contributed by atoms with Gasteiger partial charge in [0.15, 0.2) is 5.82 Å². The van der Waals surface area contributed by atoms with Crippen LogP contribution in [-0.2, 0) is 9.53 Å². The zero-order valence-electron chi connectivity index (χ0n) is 22.8. The van der Waals surface area contributed by atoms with Crippen molar-refractivity contribution < 1.29 is 19.1 Å². The molecule has 204 valence electrons. The average molecular weight is 542 g/mol. The van der Waals surface area contributed by atoms with Crippen molar-refractivity contribution in [2.45, 2.75) is 59.4 Å². The Morgan fingerprint density at radius 3 is 2.50 bits per heavy atom. The van der Waals surface area contributed by atoms with E-state index < -0.39 is 23.3 Å². The van der Waals surface area contributed by atoms with Crippen LogP contribution in [0, 0.1) is 12.8 Å². The molecule has 3 N–H and O–H groups in total. The average Bonchev–Trinajstić information content (AvgIpc) is 2.81. The summed E-state index contributed by atoms with van der Waals surface area (Å²) in [7, 11) is 1.64. The van der Waals surface area contributed by atoms with Gasteiger partial charge in [-0.05, 0) is 83.2 Å². The minimum Gasteiger partial charge on any atom is -0.462 e. The summed E-state index contributed by atoms with van der Waals surface area (Å²) in [6.45, 7) is 9.36. The van der Waals surface area contributed by atoms with Gasteiger partial charge in [0, 0.05) is 18.8 Å². The van der Waals surface area contributed by atoms with E-state index in [4.69, 9.17) is 16.3 Å². The SMILES string of the molecule is CC=C(C(=O)Nc1c(C)cc(C(=O)OCC2CCC2)cc1C(=O)NC(C)(C)C)N(NC)c1ncccc1Cl. The van der Waals surface area contributed by atoms with Gasteiger partial charge in [-0.15, -0.1) is 0 Å². The van der Waals surface area contributed by atoms with Gasteiger partial charge in [0.2, 0.25) is 0 Å². The predicted octanol–water partition coefficient (Wildman–Crippen LogP) is 5.01. The Morgan fingerprint density at radius 1 is 1.24 bits per heavy atom. The van der Waals surface area contributed by atoms with E-state index in [0.29, 0.717) is 28.9 Å². The van der Waals surface area contributed by atoms with E-state index >= 15 is 0 Å². The highest BCUT2D eigenvalue weighted by Crippen LogP contribution is 2.29. The minimum atomic E-state index is -0.542. The number of amides is 2. The van der Waals surface area contributed by atoms with E-state index in [1.54, 1.807) is 51.4 Å². The highest BCUT2D eigenvalue weighted by atomic mass is 35.5. The molecule has 1 aliphatic rings. The number of nitrogens with one attached hydrogen (secondary N) is 3. The number of benzene rings is 1. The van der Waals surface area contributed by atoms with Crippen LogP contribution in [0.25, 0.3) is 0 Å². The number of allylic oxidation sites excluding steroid dienone is 1. The summed E-state index contributed by atoms with van der Waals surface area (Å²) in [4.78, 5) is 43.9. The number of carbonyl (C=O) groups excluding carboxylic acids is 3. The number of halogens is 1. The van der Waals surface area contributed by atoms with Crippen LogP contribution in [0.1, 0.15) is 73.2 Å². The van der Waals surface area contributed by atoms with Gasteiger partial charge >= 0.3 is 5.97 Å². The van der Waals surface area contributed by atoms with Gasteiger partial charge < -0.3 is 15.4 Å². The van der Waals surface area contributed by atoms with Crippen molar-refractivity contribution in [3.63, 3.8) is 0 Å². The number of aromatic nitrogens is 1. The van der Waals surface area contributed by atoms with E-state index in [1.807, 2.05) is 20.8 Å². The Balaban J connectivity index is 1.95. The molecule has 0 unspecified atom stereocenters. The van der Waals surface area contributed by atoms with Crippen LogP contribution < -0.4 is 21.1 Å². The first-order chi connectivity index (χ1) is 17.9. The third kappa shape index (κ3) is 7.11. The van der Waals surface area contributed by atoms with Crippen molar-refractivity contribution in [1.82, 2.24) is 15.7 Å². The monoisotopic (exact) mass is 541 g/mol. The number of carbonyl (C=O) groups is 3. The number of aryl methyl sites for hydroxylation is 1. The van der Waals surface area contributed by atoms with Crippen LogP contribution in [0.2, 0.25) is 5.02 Å². The van der Waals surface area contributed by atoms with Gasteiger partial charge in [0.25, 0.3) is 11.8 Å². The maximum absolute atomic E-state index is 13.5. The molecule has 1 saturated carbocycles. The van der Waals surface area contributed by atoms with E-state index in [2.05, 4.69) is 21.0 Å². The fourth-order valence-electron chi connectivity index (χ4n) is 4.02. The summed E-state index contributed by atoms with van der Waals surface area (Å²) in [5.74, 6) is -0.694. The summed E-state index contributed by atoms with van der Waals surface area (Å²) in [6.07, 6.45) is 6.43. The first kappa shape index (κ1) is 29.1. The molecule has 0 bridgehead atoms. The molecule has 9 nitrogen and oxygen atoms in total. The van der Waals surface area contributed by atoms with Gasteiger partial charge in [0.1, 0.15) is 5.70 Å². The number of ether oxygens (including phenoxy) is 1. The first-order valence-corrected chi connectivity index (χ1v) is 13.0. The highest BCUT2D eigenvalue weighted by molar-refractivity contribution is 6.33. The third-order valence-electron chi connectivity index (χ3n) is 6.14. The maximum Gasteiger partial charge on any atom is 0.338 e. The number of rotatable bonds is 9. The summed E-state index contributed by atoms with van der Waals surface area (Å²) >= 11 is 6.32. The maximum atomic E-state index is 13.5. The predicted molar refractivity (Wildman–Crippen MR) is 149 cm³/mol. The molecule has 0 spiro atoms. The number of hydrogen-bond donors (Lipinski definition) is 3. The Bertz CT molecular complexity index is 1230. The van der Waals surface area contributed by atoms with Crippen LogP contribution in [0.4, 0.5) is 11.5 Å². The third-order valence-corrected chi connectivity index (χ3v) is 6.43. The molecule has 0 aliphatic heterocycles. The normalized spacial score (nSPS) is 13.9. The summed E-state index contributed by atoms with van der Waals surface area (Å²) in [6, 6.07) is 6.44. The second kappa shape index (κ2) is 12.4. The number of nitrogens with zero attached hydrogens (tertiary/aromatic N) is 2. The first-order valence-electron chi connectivity index (χ1n) is 12.6. The molecule has 0 atom stereocenters. The van der Waals surface area contributed by atoms with Crippen molar-refractivity contribution in [3.8, 4) is 0 Å². The lowest BCUT2D eigenvalue weighted by Crippen LogP contribution is -2.42. The molecule has 38 heavy (non-hydrogen) atoms. The number of hydrogen-bond acceptors (Lipinski definition) is 7. The zero-order valence-corrected chi connectivity index (χ0v) is 23.5. The molecular formula is C28H36ClN5O4. The van der Waals surface area contributed by atoms with E-state index in [9.17, 15) is 14.4 Å². The van der Waals surface area contributed by atoms with Gasteiger partial charge in [-0.2, -0.15) is 0 Å². The smallest absolute Gasteiger partial charge is 0.338 e. The summed E-state index contributed by atoms with van der Waals surface area (Å²) in [5.41, 5.74) is 3.84. The summed E-state index contributed by atoms with van der Waals surface area (Å²) < 4.78 is 5.50. The number of pyridine rings is 1. The highest BCUT2D eigenvalue weighted by Gasteiger charge is 2.27. The van der Waals surface area contributed by atoms with Crippen LogP contribution in [0.3, 0.4) is 0 Å². The van der Waals surface area contributed by atoms with Crippen LogP contribution in [0.5, 0.6) is 0 Å². The lowest BCUT2D eigenvalue weighted by molar-refractivity contribution is -0.113. The van der Waals surface area contributed by atoms with Crippen molar-refractivity contribution in [1.29, 1.82) is 0 Å². The van der Waals surface area contributed by atoms with Crippen molar-refractivity contribution >= 4 is 40.9 Å². The zero-order chi connectivity index (χ0) is 28.0. The van der Waals surface area contributed by atoms with E-state index in [-0.39, 0.29) is 22.5 Å². The largest absolute Gasteiger partial charge is 0.462 e. The van der Waals surface area contributed by atoms with Crippen molar-refractivity contribution in [3.05, 3.63) is 63.9 Å². The molecular weight excluding hydrogens is 506 g/mol. The van der Waals surface area contributed by atoms with Crippen LogP contribution >= 0.6 is 11.6 Å². The number of anilines is 2. The molecule has 1 aromatic carbocycles. The minimum absolute atomic E-state index is 0.159. The second-order valence-corrected chi connectivity index (χ2v) is 10.7. The van der Waals surface area contributed by atoms with Gasteiger partial charge in [-0.3, -0.25) is 14.6 Å². The Labute approximate surface area is 228 Å². The molecule has 2 amide bonds. The molecule has 2 aromatic rings. The molecule has 1 aliphatic carbocycles. The van der Waals surface area contributed by atoms with Gasteiger partial charge in [-0.25, -0.2) is 15.2 Å². The van der Waals surface area contributed by atoms with Crippen LogP contribution in [0.15, 0.2) is 42.2 Å². The Kier molecular flexibility index (Phi) is 9.51. The molecule has 10 heteroatoms. The topological polar surface area (TPSA) is 113 Å². The fraction of sp³-hybridized carbons (Fsp3) is 0.429. The van der Waals surface area contributed by atoms with Crippen molar-refractivity contribution in [2.24, 2.45) is 5.92 Å². The quantitative estimate of drug-likeness (QED) is 0.232. The lowest BCUT2D eigenvalue weighted by atomic mass is 9.86. The van der Waals surface area contributed by atoms with E-state index in [1.165, 1.54) is 11.1 Å².